The van der Waals surface area contributed by atoms with E-state index in [-0.39, 0.29) is 30.1 Å². The van der Waals surface area contributed by atoms with E-state index < -0.39 is 23.1 Å². The van der Waals surface area contributed by atoms with Gasteiger partial charge in [-0.3, -0.25) is 4.79 Å². The van der Waals surface area contributed by atoms with Crippen LogP contribution in [-0.4, -0.2) is 15.5 Å². The highest BCUT2D eigenvalue weighted by atomic mass is 32.1. The Hall–Kier alpha value is -4.48. The average molecular weight is 552 g/mol. The number of rotatable bonds is 6. The van der Waals surface area contributed by atoms with Crippen molar-refractivity contribution in [3.63, 3.8) is 0 Å². The summed E-state index contributed by atoms with van der Waals surface area (Å²) < 4.78 is 57.4. The number of benzene rings is 2. The molecule has 2 aromatic heterocycles. The van der Waals surface area contributed by atoms with Gasteiger partial charge in [-0.1, -0.05) is 18.2 Å². The Labute approximate surface area is 225 Å². The van der Waals surface area contributed by atoms with Gasteiger partial charge < -0.3 is 9.88 Å². The Morgan fingerprint density at radius 3 is 2.41 bits per heavy atom. The lowest BCUT2D eigenvalue weighted by Gasteiger charge is -2.13. The zero-order valence-electron chi connectivity index (χ0n) is 21.1. The molecule has 0 unspecified atom stereocenters. The zero-order valence-corrected chi connectivity index (χ0v) is 21.9. The van der Waals surface area contributed by atoms with E-state index in [0.29, 0.717) is 38.6 Å². The van der Waals surface area contributed by atoms with E-state index >= 15 is 4.39 Å². The molecular weight excluding hydrogens is 530 g/mol. The third-order valence-corrected chi connectivity index (χ3v) is 7.41. The number of hydrogen-bond donors (Lipinski definition) is 1. The molecule has 0 aliphatic carbocycles. The molecule has 0 radical (unpaired) electrons. The first kappa shape index (κ1) is 27.6. The van der Waals surface area contributed by atoms with E-state index in [1.54, 1.807) is 49.1 Å². The fraction of sp³-hybridized carbons (Fsp3) is 0.214. The first-order valence-electron chi connectivity index (χ1n) is 11.6. The van der Waals surface area contributed by atoms with Crippen molar-refractivity contribution in [1.82, 2.24) is 14.9 Å². The number of carbonyl (C=O) groups excluding carboxylic acids is 1. The molecule has 0 saturated heterocycles. The van der Waals surface area contributed by atoms with Crippen LogP contribution in [-0.2, 0) is 19.3 Å². The van der Waals surface area contributed by atoms with Crippen molar-refractivity contribution >= 4 is 17.2 Å². The molecule has 0 aliphatic heterocycles. The summed E-state index contributed by atoms with van der Waals surface area (Å²) in [6.45, 7) is 5.17. The Morgan fingerprint density at radius 1 is 1.08 bits per heavy atom. The van der Waals surface area contributed by atoms with Crippen LogP contribution < -0.4 is 5.32 Å². The normalized spacial score (nSPS) is 11.2. The number of carbonyl (C=O) groups is 1. The van der Waals surface area contributed by atoms with Crippen molar-refractivity contribution in [2.75, 3.05) is 0 Å². The van der Waals surface area contributed by atoms with Gasteiger partial charge >= 0.3 is 6.18 Å². The zero-order chi connectivity index (χ0) is 28.5. The molecule has 1 N–H and O–H groups in total. The van der Waals surface area contributed by atoms with Crippen LogP contribution in [0.4, 0.5) is 17.6 Å². The van der Waals surface area contributed by atoms with Crippen LogP contribution in [0.25, 0.3) is 11.1 Å². The van der Waals surface area contributed by atoms with Crippen molar-refractivity contribution < 1.29 is 22.4 Å². The second kappa shape index (κ2) is 10.7. The number of nitrogens with one attached hydrogen (secondary N) is 1. The van der Waals surface area contributed by atoms with E-state index in [1.165, 1.54) is 23.5 Å². The number of thiazole rings is 1. The molecule has 0 bridgehead atoms. The van der Waals surface area contributed by atoms with Gasteiger partial charge in [0.05, 0.1) is 40.5 Å². The van der Waals surface area contributed by atoms with Crippen LogP contribution in [0.2, 0.25) is 0 Å². The van der Waals surface area contributed by atoms with E-state index in [0.717, 1.165) is 12.1 Å². The van der Waals surface area contributed by atoms with E-state index in [9.17, 15) is 23.2 Å². The van der Waals surface area contributed by atoms with Crippen LogP contribution in [0.1, 0.15) is 54.6 Å². The lowest BCUT2D eigenvalue weighted by Crippen LogP contribution is -2.22. The van der Waals surface area contributed by atoms with Gasteiger partial charge in [-0.05, 0) is 50.1 Å². The molecule has 0 saturated carbocycles. The summed E-state index contributed by atoms with van der Waals surface area (Å²) in [5.41, 5.74) is 2.99. The molecule has 2 aromatic carbocycles. The number of aromatic nitrogens is 2. The Kier molecular flexibility index (Phi) is 7.57. The number of halogens is 4. The van der Waals surface area contributed by atoms with Crippen LogP contribution in [0.15, 0.2) is 41.9 Å². The molecule has 4 rings (SSSR count). The molecule has 4 aromatic rings. The number of nitriles is 2. The smallest absolute Gasteiger partial charge is 0.347 e. The van der Waals surface area contributed by atoms with Gasteiger partial charge in [0.1, 0.15) is 16.8 Å². The van der Waals surface area contributed by atoms with Gasteiger partial charge in [-0.15, -0.1) is 11.3 Å². The van der Waals surface area contributed by atoms with Crippen molar-refractivity contribution in [2.45, 2.75) is 40.0 Å². The second-order valence-corrected chi connectivity index (χ2v) is 9.72. The van der Waals surface area contributed by atoms with Gasteiger partial charge in [-0.2, -0.15) is 23.7 Å². The number of hydrogen-bond acceptors (Lipinski definition) is 5. The summed E-state index contributed by atoms with van der Waals surface area (Å²) in [4.78, 5) is 16.8. The second-order valence-electron chi connectivity index (χ2n) is 8.86. The average Bonchev–Trinajstić information content (AvgIpc) is 3.43. The first-order valence-corrected chi connectivity index (χ1v) is 12.5. The van der Waals surface area contributed by atoms with Gasteiger partial charge in [0.25, 0.3) is 5.91 Å². The number of alkyl halides is 3. The van der Waals surface area contributed by atoms with E-state index in [2.05, 4.69) is 16.4 Å². The molecule has 0 spiro atoms. The Balaban J connectivity index is 1.63. The first-order chi connectivity index (χ1) is 18.5. The molecule has 0 aliphatic rings. The summed E-state index contributed by atoms with van der Waals surface area (Å²) in [6.07, 6.45) is -4.75. The predicted octanol–water partition coefficient (Wildman–Crippen LogP) is 6.42. The summed E-state index contributed by atoms with van der Waals surface area (Å²) >= 11 is 1.22. The van der Waals surface area contributed by atoms with Gasteiger partial charge in [-0.25, -0.2) is 9.37 Å². The highest BCUT2D eigenvalue weighted by molar-refractivity contribution is 7.11. The summed E-state index contributed by atoms with van der Waals surface area (Å²) in [6, 6.07) is 11.5. The van der Waals surface area contributed by atoms with Crippen LogP contribution >= 0.6 is 11.3 Å². The van der Waals surface area contributed by atoms with Crippen molar-refractivity contribution in [2.24, 2.45) is 0 Å². The summed E-state index contributed by atoms with van der Waals surface area (Å²) in [5, 5.41) is 21.7. The minimum atomic E-state index is -4.75. The van der Waals surface area contributed by atoms with Crippen LogP contribution in [0.3, 0.4) is 0 Å². The van der Waals surface area contributed by atoms with Gasteiger partial charge in [0.2, 0.25) is 0 Å². The highest BCUT2D eigenvalue weighted by Crippen LogP contribution is 2.38. The van der Waals surface area contributed by atoms with Crippen molar-refractivity contribution in [3.05, 3.63) is 97.5 Å². The Morgan fingerprint density at radius 2 is 1.82 bits per heavy atom. The molecule has 6 nitrogen and oxygen atoms in total. The summed E-state index contributed by atoms with van der Waals surface area (Å²) in [7, 11) is 0. The lowest BCUT2D eigenvalue weighted by atomic mass is 9.96. The third-order valence-electron chi connectivity index (χ3n) is 6.48. The molecule has 198 valence electrons. The lowest BCUT2D eigenvalue weighted by molar-refractivity contribution is -0.137. The molecule has 11 heteroatoms. The minimum Gasteiger partial charge on any atom is -0.347 e. The largest absolute Gasteiger partial charge is 0.417 e. The Bertz CT molecular complexity index is 1670. The third kappa shape index (κ3) is 5.40. The molecule has 0 fully saturated rings. The molecular formula is C28H21F4N5OS. The van der Waals surface area contributed by atoms with Gasteiger partial charge in [0, 0.05) is 29.1 Å². The fourth-order valence-corrected chi connectivity index (χ4v) is 5.14. The fourth-order valence-electron chi connectivity index (χ4n) is 4.42. The van der Waals surface area contributed by atoms with Gasteiger partial charge in [0.15, 0.2) is 0 Å². The number of nitrogens with zero attached hydrogens (tertiary/aromatic N) is 4. The van der Waals surface area contributed by atoms with Crippen LogP contribution in [0, 0.1) is 49.3 Å². The molecule has 1 amide bonds. The molecule has 39 heavy (non-hydrogen) atoms. The minimum absolute atomic E-state index is 0.0350. The topological polar surface area (TPSA) is 94.5 Å². The summed E-state index contributed by atoms with van der Waals surface area (Å²) in [5.74, 6) is -0.827. The van der Waals surface area contributed by atoms with Crippen LogP contribution in [0.5, 0.6) is 0 Å². The highest BCUT2D eigenvalue weighted by Gasteiger charge is 2.34. The number of aryl methyl sites for hydroxylation is 1. The maximum Gasteiger partial charge on any atom is 0.417 e. The maximum absolute atomic E-state index is 15.1. The quantitative estimate of drug-likeness (QED) is 0.280. The monoisotopic (exact) mass is 551 g/mol. The van der Waals surface area contributed by atoms with E-state index in [1.807, 2.05) is 0 Å². The SMILES string of the molecule is Cc1ncsc1C(=O)NCc1ccc(Cn2c(C)c(C#N)c(-c3ccc(C#N)c(C(F)(F)F)c3)c2C)c(F)c1. The molecule has 0 atom stereocenters. The number of amides is 1. The van der Waals surface area contributed by atoms with E-state index in [4.69, 9.17) is 5.26 Å². The predicted molar refractivity (Wildman–Crippen MR) is 137 cm³/mol. The maximum atomic E-state index is 15.1. The van der Waals surface area contributed by atoms with Crippen molar-refractivity contribution in [1.29, 1.82) is 10.5 Å². The standard InChI is InChI=1S/C28H21F4N5OS/c1-15-26(39-14-36-15)27(38)35-12-18-4-5-21(24(29)8-18)13-37-16(2)22(11-34)25(17(37)3)19-6-7-20(10-33)23(9-19)28(30,31)32/h4-9,14H,12-13H2,1-3H3,(H,35,38). The van der Waals surface area contributed by atoms with Crippen molar-refractivity contribution in [3.8, 4) is 23.3 Å². The molecule has 2 heterocycles.